The molecule has 0 unspecified atom stereocenters. The molecule has 1 heterocycles. The van der Waals surface area contributed by atoms with Crippen LogP contribution < -0.4 is 4.90 Å². The fourth-order valence-corrected chi connectivity index (χ4v) is 2.77. The molecular weight excluding hydrogens is 252 g/mol. The van der Waals surface area contributed by atoms with Crippen molar-refractivity contribution in [2.75, 3.05) is 4.90 Å². The van der Waals surface area contributed by atoms with Crippen molar-refractivity contribution in [2.45, 2.75) is 6.92 Å². The molecule has 0 N–H and O–H groups in total. The van der Waals surface area contributed by atoms with Gasteiger partial charge in [0, 0.05) is 22.4 Å². The third-order valence-corrected chi connectivity index (χ3v) is 3.73. The van der Waals surface area contributed by atoms with Gasteiger partial charge in [0.1, 0.15) is 0 Å². The molecule has 0 aliphatic rings. The van der Waals surface area contributed by atoms with Gasteiger partial charge in [-0.3, -0.25) is 4.90 Å². The van der Waals surface area contributed by atoms with Crippen LogP contribution in [-0.2, 0) is 0 Å². The minimum absolute atomic E-state index is 0.995. The lowest BCUT2D eigenvalue weighted by Crippen LogP contribution is -2.08. The fraction of sp³-hybridized carbons (Fsp3) is 0.0625. The van der Waals surface area contributed by atoms with Crippen LogP contribution in [0.15, 0.2) is 66.9 Å². The van der Waals surface area contributed by atoms with Crippen molar-refractivity contribution >= 4 is 27.8 Å². The van der Waals surface area contributed by atoms with E-state index in [-0.39, 0.29) is 0 Å². The SMILES string of the molecule is Cc1cnc(N(c2ccccc2)c2ccccc2)s1. The highest BCUT2D eigenvalue weighted by Gasteiger charge is 2.14. The molecule has 0 atom stereocenters. The summed E-state index contributed by atoms with van der Waals surface area (Å²) < 4.78 is 0. The molecule has 0 aliphatic heterocycles. The Labute approximate surface area is 117 Å². The molecule has 0 fully saturated rings. The lowest BCUT2D eigenvalue weighted by atomic mass is 10.2. The predicted molar refractivity (Wildman–Crippen MR) is 81.5 cm³/mol. The number of anilines is 3. The molecule has 3 rings (SSSR count). The van der Waals surface area contributed by atoms with Crippen molar-refractivity contribution in [1.29, 1.82) is 0 Å². The number of benzene rings is 2. The molecule has 0 spiro atoms. The van der Waals surface area contributed by atoms with E-state index in [4.69, 9.17) is 0 Å². The zero-order valence-corrected chi connectivity index (χ0v) is 11.5. The molecule has 19 heavy (non-hydrogen) atoms. The van der Waals surface area contributed by atoms with Crippen LogP contribution in [0.25, 0.3) is 0 Å². The fourth-order valence-electron chi connectivity index (χ4n) is 1.97. The second kappa shape index (κ2) is 5.24. The summed E-state index contributed by atoms with van der Waals surface area (Å²) in [5, 5.41) is 0.995. The minimum atomic E-state index is 0.995. The summed E-state index contributed by atoms with van der Waals surface area (Å²) in [6.07, 6.45) is 1.92. The summed E-state index contributed by atoms with van der Waals surface area (Å²) in [5.74, 6) is 0. The second-order valence-corrected chi connectivity index (χ2v) is 5.47. The molecule has 2 nitrogen and oxygen atoms in total. The van der Waals surface area contributed by atoms with Crippen LogP contribution in [0, 0.1) is 6.92 Å². The van der Waals surface area contributed by atoms with Crippen LogP contribution in [0.1, 0.15) is 4.88 Å². The number of nitrogens with zero attached hydrogens (tertiary/aromatic N) is 2. The lowest BCUT2D eigenvalue weighted by molar-refractivity contribution is 1.23. The zero-order chi connectivity index (χ0) is 13.1. The summed E-state index contributed by atoms with van der Waals surface area (Å²) in [5.41, 5.74) is 2.26. The maximum atomic E-state index is 4.51. The van der Waals surface area contributed by atoms with Crippen molar-refractivity contribution in [2.24, 2.45) is 0 Å². The van der Waals surface area contributed by atoms with Crippen LogP contribution in [-0.4, -0.2) is 4.98 Å². The van der Waals surface area contributed by atoms with Gasteiger partial charge < -0.3 is 0 Å². The maximum Gasteiger partial charge on any atom is 0.194 e. The van der Waals surface area contributed by atoms with E-state index in [1.807, 2.05) is 42.6 Å². The van der Waals surface area contributed by atoms with Crippen LogP contribution >= 0.6 is 11.3 Å². The molecule has 3 heteroatoms. The van der Waals surface area contributed by atoms with Crippen molar-refractivity contribution in [3.05, 3.63) is 71.7 Å². The molecule has 1 aromatic heterocycles. The first kappa shape index (κ1) is 11.9. The van der Waals surface area contributed by atoms with Crippen molar-refractivity contribution in [3.8, 4) is 0 Å². The number of hydrogen-bond acceptors (Lipinski definition) is 3. The second-order valence-electron chi connectivity index (χ2n) is 4.26. The van der Waals surface area contributed by atoms with Crippen LogP contribution in [0.4, 0.5) is 16.5 Å². The van der Waals surface area contributed by atoms with E-state index in [2.05, 4.69) is 41.1 Å². The molecule has 3 aromatic rings. The van der Waals surface area contributed by atoms with Crippen LogP contribution in [0.3, 0.4) is 0 Å². The highest BCUT2D eigenvalue weighted by molar-refractivity contribution is 7.15. The van der Waals surface area contributed by atoms with Gasteiger partial charge in [0.05, 0.1) is 0 Å². The highest BCUT2D eigenvalue weighted by atomic mass is 32.1. The first-order chi connectivity index (χ1) is 9.34. The first-order valence-electron chi connectivity index (χ1n) is 6.17. The van der Waals surface area contributed by atoms with Crippen molar-refractivity contribution < 1.29 is 0 Å². The van der Waals surface area contributed by atoms with Gasteiger partial charge in [0.15, 0.2) is 5.13 Å². The van der Waals surface area contributed by atoms with Crippen molar-refractivity contribution in [3.63, 3.8) is 0 Å². The summed E-state index contributed by atoms with van der Waals surface area (Å²) in [6, 6.07) is 20.6. The Bertz CT molecular complexity index is 607. The Hall–Kier alpha value is -2.13. The molecule has 0 amide bonds. The third-order valence-electron chi connectivity index (χ3n) is 2.83. The average Bonchev–Trinajstić information content (AvgIpc) is 2.88. The van der Waals surface area contributed by atoms with Gasteiger partial charge in [-0.05, 0) is 31.2 Å². The van der Waals surface area contributed by atoms with Gasteiger partial charge in [-0.15, -0.1) is 11.3 Å². The Kier molecular flexibility index (Phi) is 3.29. The Morgan fingerprint density at radius 3 is 1.79 bits per heavy atom. The zero-order valence-electron chi connectivity index (χ0n) is 10.7. The Morgan fingerprint density at radius 2 is 1.37 bits per heavy atom. The molecule has 2 aromatic carbocycles. The van der Waals surface area contributed by atoms with Gasteiger partial charge in [-0.1, -0.05) is 36.4 Å². The Balaban J connectivity index is 2.11. The average molecular weight is 266 g/mol. The number of aryl methyl sites for hydroxylation is 1. The van der Waals surface area contributed by atoms with E-state index in [1.54, 1.807) is 11.3 Å². The summed E-state index contributed by atoms with van der Waals surface area (Å²) >= 11 is 1.70. The molecule has 0 aliphatic carbocycles. The summed E-state index contributed by atoms with van der Waals surface area (Å²) in [4.78, 5) is 7.91. The minimum Gasteiger partial charge on any atom is -0.286 e. The van der Waals surface area contributed by atoms with Gasteiger partial charge in [-0.25, -0.2) is 4.98 Å². The largest absolute Gasteiger partial charge is 0.286 e. The lowest BCUT2D eigenvalue weighted by Gasteiger charge is -2.22. The van der Waals surface area contributed by atoms with E-state index in [0.717, 1.165) is 16.5 Å². The van der Waals surface area contributed by atoms with Crippen LogP contribution in [0.2, 0.25) is 0 Å². The maximum absolute atomic E-state index is 4.51. The predicted octanol–water partition coefficient (Wildman–Crippen LogP) is 4.92. The monoisotopic (exact) mass is 266 g/mol. The molecule has 0 radical (unpaired) electrons. The summed E-state index contributed by atoms with van der Waals surface area (Å²) in [7, 11) is 0. The molecule has 0 bridgehead atoms. The quantitative estimate of drug-likeness (QED) is 0.668. The van der Waals surface area contributed by atoms with Gasteiger partial charge in [0.2, 0.25) is 0 Å². The smallest absolute Gasteiger partial charge is 0.194 e. The van der Waals surface area contributed by atoms with E-state index in [0.29, 0.717) is 0 Å². The van der Waals surface area contributed by atoms with E-state index >= 15 is 0 Å². The van der Waals surface area contributed by atoms with Gasteiger partial charge in [-0.2, -0.15) is 0 Å². The third kappa shape index (κ3) is 2.51. The number of hydrogen-bond donors (Lipinski definition) is 0. The van der Waals surface area contributed by atoms with Gasteiger partial charge in [0.25, 0.3) is 0 Å². The molecule has 94 valence electrons. The van der Waals surface area contributed by atoms with E-state index < -0.39 is 0 Å². The molecule has 0 saturated heterocycles. The topological polar surface area (TPSA) is 16.1 Å². The van der Waals surface area contributed by atoms with E-state index in [9.17, 15) is 0 Å². The molecular formula is C16H14N2S. The summed E-state index contributed by atoms with van der Waals surface area (Å²) in [6.45, 7) is 2.08. The Morgan fingerprint density at radius 1 is 0.842 bits per heavy atom. The standard InChI is InChI=1S/C16H14N2S/c1-13-12-17-16(19-13)18(14-8-4-2-5-9-14)15-10-6-3-7-11-15/h2-12H,1H3. The number of thiazole rings is 1. The van der Waals surface area contributed by atoms with Gasteiger partial charge >= 0.3 is 0 Å². The van der Waals surface area contributed by atoms with Crippen molar-refractivity contribution in [1.82, 2.24) is 4.98 Å². The van der Waals surface area contributed by atoms with E-state index in [1.165, 1.54) is 4.88 Å². The number of aromatic nitrogens is 1. The first-order valence-corrected chi connectivity index (χ1v) is 6.99. The number of para-hydroxylation sites is 2. The van der Waals surface area contributed by atoms with Crippen LogP contribution in [0.5, 0.6) is 0 Å². The number of rotatable bonds is 3. The highest BCUT2D eigenvalue weighted by Crippen LogP contribution is 2.36. The normalized spacial score (nSPS) is 10.4. The molecule has 0 saturated carbocycles.